The molecule has 2 unspecified atom stereocenters. The van der Waals surface area contributed by atoms with Crippen molar-refractivity contribution in [2.45, 2.75) is 26.4 Å². The smallest absolute Gasteiger partial charge is 0.226 e. The zero-order valence-corrected chi connectivity index (χ0v) is 12.1. The molecule has 1 heterocycles. The molecule has 0 spiro atoms. The number of hydrogen-bond acceptors (Lipinski definition) is 3. The molecule has 0 radical (unpaired) electrons. The monoisotopic (exact) mass is 304 g/mol. The molecule has 1 rings (SSSR count). The molecule has 0 saturated heterocycles. The average Bonchev–Trinajstić information content (AvgIpc) is 2.61. The van der Waals surface area contributed by atoms with Crippen LogP contribution in [0.3, 0.4) is 0 Å². The molecule has 90 valence electrons. The van der Waals surface area contributed by atoms with Crippen molar-refractivity contribution in [2.75, 3.05) is 7.05 Å². The van der Waals surface area contributed by atoms with Crippen LogP contribution in [-0.4, -0.2) is 23.9 Å². The summed E-state index contributed by atoms with van der Waals surface area (Å²) in [6, 6.07) is 1.93. The quantitative estimate of drug-likeness (QED) is 0.929. The first-order valence-electron chi connectivity index (χ1n) is 5.15. The maximum absolute atomic E-state index is 11.9. The van der Waals surface area contributed by atoms with E-state index >= 15 is 0 Å². The standard InChI is InChI=1S/C11H17BrN2OS/c1-7(8(2)13)11(15)14(3)5-9-4-10(12)16-6-9/h4,6-8H,5,13H2,1-3H3. The second-order valence-corrected chi connectivity index (χ2v) is 6.39. The Hall–Kier alpha value is -0.390. The Morgan fingerprint density at radius 2 is 2.25 bits per heavy atom. The van der Waals surface area contributed by atoms with Gasteiger partial charge in [-0.05, 0) is 39.9 Å². The molecule has 0 saturated carbocycles. The molecule has 1 aromatic heterocycles. The highest BCUT2D eigenvalue weighted by atomic mass is 79.9. The molecule has 0 fully saturated rings. The van der Waals surface area contributed by atoms with Gasteiger partial charge < -0.3 is 10.6 Å². The minimum atomic E-state index is -0.132. The fourth-order valence-electron chi connectivity index (χ4n) is 1.35. The Morgan fingerprint density at radius 1 is 1.62 bits per heavy atom. The van der Waals surface area contributed by atoms with Gasteiger partial charge in [-0.25, -0.2) is 0 Å². The molecule has 0 aliphatic carbocycles. The molecular formula is C11H17BrN2OS. The zero-order chi connectivity index (χ0) is 12.3. The summed E-state index contributed by atoms with van der Waals surface area (Å²) >= 11 is 5.03. The molecule has 2 atom stereocenters. The maximum atomic E-state index is 11.9. The largest absolute Gasteiger partial charge is 0.341 e. The maximum Gasteiger partial charge on any atom is 0.226 e. The van der Waals surface area contributed by atoms with Gasteiger partial charge in [0.2, 0.25) is 5.91 Å². The summed E-state index contributed by atoms with van der Waals surface area (Å²) in [7, 11) is 1.81. The van der Waals surface area contributed by atoms with Gasteiger partial charge in [-0.1, -0.05) is 6.92 Å². The van der Waals surface area contributed by atoms with Gasteiger partial charge in [-0.3, -0.25) is 4.79 Å². The Morgan fingerprint density at radius 3 is 2.69 bits per heavy atom. The normalized spacial score (nSPS) is 14.6. The van der Waals surface area contributed by atoms with E-state index in [0.29, 0.717) is 6.54 Å². The van der Waals surface area contributed by atoms with Crippen molar-refractivity contribution in [1.29, 1.82) is 0 Å². The van der Waals surface area contributed by atoms with Gasteiger partial charge in [0, 0.05) is 19.6 Å². The summed E-state index contributed by atoms with van der Waals surface area (Å²) < 4.78 is 1.09. The number of nitrogens with zero attached hydrogens (tertiary/aromatic N) is 1. The van der Waals surface area contributed by atoms with Gasteiger partial charge >= 0.3 is 0 Å². The number of carbonyl (C=O) groups excluding carboxylic acids is 1. The average molecular weight is 305 g/mol. The molecule has 0 aliphatic rings. The number of hydrogen-bond donors (Lipinski definition) is 1. The molecule has 1 aromatic rings. The molecule has 0 bridgehead atoms. The van der Waals surface area contributed by atoms with Crippen LogP contribution in [0.2, 0.25) is 0 Å². The van der Waals surface area contributed by atoms with Crippen molar-refractivity contribution in [1.82, 2.24) is 4.90 Å². The SMILES string of the molecule is CC(N)C(C)C(=O)N(C)Cc1csc(Br)c1. The first-order chi connectivity index (χ1) is 7.41. The van der Waals surface area contributed by atoms with Crippen LogP contribution >= 0.6 is 27.3 Å². The fourth-order valence-corrected chi connectivity index (χ4v) is 2.55. The van der Waals surface area contributed by atoms with Crippen LogP contribution in [0.15, 0.2) is 15.2 Å². The lowest BCUT2D eigenvalue weighted by Crippen LogP contribution is -2.39. The third-order valence-corrected chi connectivity index (χ3v) is 4.15. The fraction of sp³-hybridized carbons (Fsp3) is 0.545. The van der Waals surface area contributed by atoms with Crippen molar-refractivity contribution >= 4 is 33.2 Å². The van der Waals surface area contributed by atoms with Crippen molar-refractivity contribution < 1.29 is 4.79 Å². The Labute approximate surface area is 109 Å². The third kappa shape index (κ3) is 3.57. The Bertz CT molecular complexity index is 365. The van der Waals surface area contributed by atoms with Crippen LogP contribution in [0.25, 0.3) is 0 Å². The first kappa shape index (κ1) is 13.7. The summed E-state index contributed by atoms with van der Waals surface area (Å²) in [5, 5.41) is 2.05. The minimum Gasteiger partial charge on any atom is -0.341 e. The zero-order valence-electron chi connectivity index (χ0n) is 9.74. The van der Waals surface area contributed by atoms with E-state index in [4.69, 9.17) is 5.73 Å². The van der Waals surface area contributed by atoms with Crippen molar-refractivity contribution in [2.24, 2.45) is 11.7 Å². The van der Waals surface area contributed by atoms with E-state index in [9.17, 15) is 4.79 Å². The Balaban J connectivity index is 2.58. The van der Waals surface area contributed by atoms with E-state index in [1.807, 2.05) is 32.3 Å². The van der Waals surface area contributed by atoms with Crippen molar-refractivity contribution in [3.05, 3.63) is 20.8 Å². The van der Waals surface area contributed by atoms with Gasteiger partial charge in [-0.2, -0.15) is 0 Å². The van der Waals surface area contributed by atoms with E-state index in [1.165, 1.54) is 0 Å². The van der Waals surface area contributed by atoms with Gasteiger partial charge in [-0.15, -0.1) is 11.3 Å². The number of amides is 1. The number of carbonyl (C=O) groups is 1. The van der Waals surface area contributed by atoms with Gasteiger partial charge in [0.15, 0.2) is 0 Å². The summed E-state index contributed by atoms with van der Waals surface area (Å²) in [6.45, 7) is 4.36. The third-order valence-electron chi connectivity index (χ3n) is 2.60. The highest BCUT2D eigenvalue weighted by Gasteiger charge is 2.20. The van der Waals surface area contributed by atoms with Gasteiger partial charge in [0.05, 0.1) is 9.70 Å². The van der Waals surface area contributed by atoms with Crippen LogP contribution < -0.4 is 5.73 Å². The highest BCUT2D eigenvalue weighted by Crippen LogP contribution is 2.21. The molecule has 1 amide bonds. The molecular weight excluding hydrogens is 288 g/mol. The van der Waals surface area contributed by atoms with Crippen LogP contribution in [0.5, 0.6) is 0 Å². The highest BCUT2D eigenvalue weighted by molar-refractivity contribution is 9.11. The van der Waals surface area contributed by atoms with Crippen molar-refractivity contribution in [3.8, 4) is 0 Å². The number of nitrogens with two attached hydrogens (primary N) is 1. The van der Waals surface area contributed by atoms with E-state index in [-0.39, 0.29) is 17.9 Å². The van der Waals surface area contributed by atoms with E-state index in [1.54, 1.807) is 16.2 Å². The second-order valence-electron chi connectivity index (χ2n) is 4.10. The predicted molar refractivity (Wildman–Crippen MR) is 71.3 cm³/mol. The molecule has 5 heteroatoms. The van der Waals surface area contributed by atoms with Gasteiger partial charge in [0.1, 0.15) is 0 Å². The lowest BCUT2D eigenvalue weighted by Gasteiger charge is -2.23. The summed E-state index contributed by atoms with van der Waals surface area (Å²) in [5.41, 5.74) is 6.86. The van der Waals surface area contributed by atoms with Crippen molar-refractivity contribution in [3.63, 3.8) is 0 Å². The molecule has 16 heavy (non-hydrogen) atoms. The predicted octanol–water partition coefficient (Wildman–Crippen LogP) is 2.45. The lowest BCUT2D eigenvalue weighted by molar-refractivity contribution is -0.134. The number of rotatable bonds is 4. The van der Waals surface area contributed by atoms with Crippen LogP contribution in [-0.2, 0) is 11.3 Å². The molecule has 0 aliphatic heterocycles. The van der Waals surface area contributed by atoms with Gasteiger partial charge in [0.25, 0.3) is 0 Å². The summed E-state index contributed by atoms with van der Waals surface area (Å²) in [6.07, 6.45) is 0. The first-order valence-corrected chi connectivity index (χ1v) is 6.82. The lowest BCUT2D eigenvalue weighted by atomic mass is 10.0. The Kier molecular flexibility index (Phi) is 4.95. The molecule has 3 nitrogen and oxygen atoms in total. The number of thiophene rings is 1. The molecule has 2 N–H and O–H groups in total. The molecule has 0 aromatic carbocycles. The summed E-state index contributed by atoms with van der Waals surface area (Å²) in [5.74, 6) is -0.0376. The van der Waals surface area contributed by atoms with E-state index in [0.717, 1.165) is 9.35 Å². The topological polar surface area (TPSA) is 46.3 Å². The van der Waals surface area contributed by atoms with Crippen LogP contribution in [0.4, 0.5) is 0 Å². The van der Waals surface area contributed by atoms with E-state index in [2.05, 4.69) is 15.9 Å². The van der Waals surface area contributed by atoms with Crippen LogP contribution in [0, 0.1) is 5.92 Å². The summed E-state index contributed by atoms with van der Waals surface area (Å²) in [4.78, 5) is 13.7. The number of halogens is 1. The second kappa shape index (κ2) is 5.80. The minimum absolute atomic E-state index is 0.0947. The van der Waals surface area contributed by atoms with E-state index < -0.39 is 0 Å². The van der Waals surface area contributed by atoms with Crippen LogP contribution in [0.1, 0.15) is 19.4 Å².